The molecule has 0 atom stereocenters. The molecule has 1 aromatic carbocycles. The Kier molecular flexibility index (Phi) is 4.84. The van der Waals surface area contributed by atoms with E-state index in [1.165, 1.54) is 25.4 Å². The average molecular weight is 325 g/mol. The second kappa shape index (κ2) is 6.81. The number of nitrogens with zero attached hydrogens (tertiary/aromatic N) is 3. The minimum atomic E-state index is -2.75. The zero-order chi connectivity index (χ0) is 17.0. The first-order valence-electron chi connectivity index (χ1n) is 6.48. The smallest absolute Gasteiger partial charge is 0.319 e. The molecule has 122 valence electrons. The fraction of sp³-hybridized carbons (Fsp3) is 0.231. The van der Waals surface area contributed by atoms with Gasteiger partial charge in [0.2, 0.25) is 0 Å². The number of nitro benzene ring substituents is 1. The zero-order valence-corrected chi connectivity index (χ0v) is 12.0. The van der Waals surface area contributed by atoms with Gasteiger partial charge in [0.15, 0.2) is 0 Å². The molecular weight excluding hydrogens is 312 g/mol. The Morgan fingerprint density at radius 2 is 2.22 bits per heavy atom. The van der Waals surface area contributed by atoms with Crippen molar-refractivity contribution in [1.29, 1.82) is 0 Å². The van der Waals surface area contributed by atoms with E-state index in [1.807, 2.05) is 0 Å². The van der Waals surface area contributed by atoms with Crippen molar-refractivity contribution in [3.05, 3.63) is 52.1 Å². The van der Waals surface area contributed by atoms with Gasteiger partial charge in [0.25, 0.3) is 11.6 Å². The second-order valence-corrected chi connectivity index (χ2v) is 4.45. The van der Waals surface area contributed by atoms with Crippen LogP contribution in [-0.4, -0.2) is 27.4 Å². The largest absolute Gasteiger partial charge is 0.372 e. The van der Waals surface area contributed by atoms with Gasteiger partial charge in [-0.15, -0.1) is 0 Å². The Hall–Kier alpha value is -3.04. The summed E-state index contributed by atoms with van der Waals surface area (Å²) in [6.07, 6.45) is 2.33. The van der Waals surface area contributed by atoms with E-state index in [4.69, 9.17) is 0 Å². The summed E-state index contributed by atoms with van der Waals surface area (Å²) in [6, 6.07) is 3.85. The van der Waals surface area contributed by atoms with Crippen LogP contribution in [0.1, 0.15) is 22.7 Å². The highest BCUT2D eigenvalue weighted by Crippen LogP contribution is 2.26. The Labute approximate surface area is 129 Å². The normalized spacial score (nSPS) is 10.6. The van der Waals surface area contributed by atoms with E-state index in [2.05, 4.69) is 15.6 Å². The number of imidazole rings is 1. The average Bonchev–Trinajstić information content (AvgIpc) is 3.00. The van der Waals surface area contributed by atoms with Crippen LogP contribution < -0.4 is 10.6 Å². The van der Waals surface area contributed by atoms with Gasteiger partial charge in [0.1, 0.15) is 11.5 Å². The third-order valence-corrected chi connectivity index (χ3v) is 3.08. The highest BCUT2D eigenvalue weighted by molar-refractivity contribution is 5.95. The van der Waals surface area contributed by atoms with Crippen LogP contribution in [0.2, 0.25) is 0 Å². The third kappa shape index (κ3) is 3.59. The molecule has 0 saturated carbocycles. The van der Waals surface area contributed by atoms with Gasteiger partial charge < -0.3 is 10.6 Å². The Bertz CT molecular complexity index is 732. The van der Waals surface area contributed by atoms with Crippen molar-refractivity contribution in [3.63, 3.8) is 0 Å². The number of hydrogen-bond acceptors (Lipinski definition) is 5. The molecule has 1 heterocycles. The van der Waals surface area contributed by atoms with Crippen LogP contribution in [0.4, 0.5) is 20.2 Å². The zero-order valence-electron chi connectivity index (χ0n) is 12.0. The molecule has 1 aromatic heterocycles. The van der Waals surface area contributed by atoms with Gasteiger partial charge in [0, 0.05) is 31.1 Å². The van der Waals surface area contributed by atoms with Crippen LogP contribution in [0.5, 0.6) is 0 Å². The van der Waals surface area contributed by atoms with E-state index in [9.17, 15) is 23.7 Å². The van der Waals surface area contributed by atoms with Crippen LogP contribution in [0.25, 0.3) is 0 Å². The predicted octanol–water partition coefficient (Wildman–Crippen LogP) is 2.16. The monoisotopic (exact) mass is 325 g/mol. The quantitative estimate of drug-likeness (QED) is 0.626. The highest BCUT2D eigenvalue weighted by atomic mass is 19.3. The maximum atomic E-state index is 12.7. The number of carbonyl (C=O) groups excluding carboxylic acids is 1. The highest BCUT2D eigenvalue weighted by Gasteiger charge is 2.18. The van der Waals surface area contributed by atoms with Gasteiger partial charge in [-0.25, -0.2) is 4.98 Å². The van der Waals surface area contributed by atoms with Crippen molar-refractivity contribution in [2.24, 2.45) is 0 Å². The van der Waals surface area contributed by atoms with Gasteiger partial charge in [-0.3, -0.25) is 19.5 Å². The lowest BCUT2D eigenvalue weighted by molar-refractivity contribution is -0.384. The number of nitrogens with one attached hydrogen (secondary N) is 2. The molecule has 0 spiro atoms. The molecular formula is C13H13F2N5O3. The summed E-state index contributed by atoms with van der Waals surface area (Å²) in [4.78, 5) is 25.7. The standard InChI is InChI=1S/C13H13F2N5O3/c1-16-12(21)8-2-3-9(10(6-8)20(22)23)18-7-11-17-4-5-19(11)13(14)15/h2-6,13,18H,7H2,1H3,(H,16,21). The maximum Gasteiger partial charge on any atom is 0.319 e. The molecule has 23 heavy (non-hydrogen) atoms. The number of nitro groups is 1. The van der Waals surface area contributed by atoms with Gasteiger partial charge in [0.05, 0.1) is 11.5 Å². The first kappa shape index (κ1) is 16.3. The number of carbonyl (C=O) groups is 1. The lowest BCUT2D eigenvalue weighted by Crippen LogP contribution is -2.18. The van der Waals surface area contributed by atoms with E-state index in [1.54, 1.807) is 0 Å². The van der Waals surface area contributed by atoms with Crippen LogP contribution in [0.15, 0.2) is 30.6 Å². The molecule has 0 aliphatic rings. The number of amides is 1. The Morgan fingerprint density at radius 3 is 2.83 bits per heavy atom. The molecule has 0 aliphatic heterocycles. The van der Waals surface area contributed by atoms with Crippen LogP contribution in [-0.2, 0) is 6.54 Å². The molecule has 1 amide bonds. The third-order valence-electron chi connectivity index (χ3n) is 3.08. The molecule has 0 bridgehead atoms. The molecule has 0 radical (unpaired) electrons. The molecule has 10 heteroatoms. The molecule has 0 fully saturated rings. The van der Waals surface area contributed by atoms with Crippen LogP contribution in [0.3, 0.4) is 0 Å². The molecule has 0 saturated heterocycles. The molecule has 8 nitrogen and oxygen atoms in total. The summed E-state index contributed by atoms with van der Waals surface area (Å²) >= 11 is 0. The van der Waals surface area contributed by atoms with E-state index in [-0.39, 0.29) is 29.3 Å². The summed E-state index contributed by atoms with van der Waals surface area (Å²) in [5, 5.41) is 16.2. The minimum absolute atomic E-state index is 0.0321. The number of halogens is 2. The van der Waals surface area contributed by atoms with Crippen molar-refractivity contribution in [1.82, 2.24) is 14.9 Å². The topological polar surface area (TPSA) is 102 Å². The number of aromatic nitrogens is 2. The van der Waals surface area contributed by atoms with Gasteiger partial charge in [-0.1, -0.05) is 0 Å². The number of rotatable bonds is 6. The summed E-state index contributed by atoms with van der Waals surface area (Å²) in [5.41, 5.74) is -0.105. The van der Waals surface area contributed by atoms with E-state index in [0.29, 0.717) is 4.57 Å². The summed E-state index contributed by atoms with van der Waals surface area (Å²) < 4.78 is 26.1. The number of benzene rings is 1. The van der Waals surface area contributed by atoms with E-state index < -0.39 is 17.4 Å². The summed E-state index contributed by atoms with van der Waals surface area (Å²) in [7, 11) is 1.41. The Morgan fingerprint density at radius 1 is 1.48 bits per heavy atom. The second-order valence-electron chi connectivity index (χ2n) is 4.45. The van der Waals surface area contributed by atoms with Crippen molar-refractivity contribution in [2.45, 2.75) is 13.1 Å². The molecule has 2 aromatic rings. The van der Waals surface area contributed by atoms with E-state index in [0.717, 1.165) is 12.3 Å². The SMILES string of the molecule is CNC(=O)c1ccc(NCc2nccn2C(F)F)c([N+](=O)[O-])c1. The summed E-state index contributed by atoms with van der Waals surface area (Å²) in [6.45, 7) is -2.88. The molecule has 0 aliphatic carbocycles. The lowest BCUT2D eigenvalue weighted by atomic mass is 10.1. The summed E-state index contributed by atoms with van der Waals surface area (Å²) in [5.74, 6) is -0.433. The lowest BCUT2D eigenvalue weighted by Gasteiger charge is -2.10. The van der Waals surface area contributed by atoms with Crippen molar-refractivity contribution < 1.29 is 18.5 Å². The van der Waals surface area contributed by atoms with Crippen LogP contribution >= 0.6 is 0 Å². The predicted molar refractivity (Wildman–Crippen MR) is 77.3 cm³/mol. The first-order chi connectivity index (χ1) is 10.9. The molecule has 2 rings (SSSR count). The van der Waals surface area contributed by atoms with Gasteiger partial charge in [-0.05, 0) is 12.1 Å². The maximum absolute atomic E-state index is 12.7. The van der Waals surface area contributed by atoms with Gasteiger partial charge >= 0.3 is 6.55 Å². The number of anilines is 1. The first-order valence-corrected chi connectivity index (χ1v) is 6.48. The molecule has 0 unspecified atom stereocenters. The van der Waals surface area contributed by atoms with Crippen molar-refractivity contribution in [2.75, 3.05) is 12.4 Å². The van der Waals surface area contributed by atoms with Gasteiger partial charge in [-0.2, -0.15) is 8.78 Å². The van der Waals surface area contributed by atoms with Crippen molar-refractivity contribution >= 4 is 17.3 Å². The van der Waals surface area contributed by atoms with E-state index >= 15 is 0 Å². The minimum Gasteiger partial charge on any atom is -0.372 e. The Balaban J connectivity index is 2.24. The number of hydrogen-bond donors (Lipinski definition) is 2. The van der Waals surface area contributed by atoms with Crippen LogP contribution in [0, 0.1) is 10.1 Å². The number of alkyl halides is 2. The van der Waals surface area contributed by atoms with Crippen molar-refractivity contribution in [3.8, 4) is 0 Å². The fourth-order valence-electron chi connectivity index (χ4n) is 1.95. The fourth-order valence-corrected chi connectivity index (χ4v) is 1.95. The molecule has 2 N–H and O–H groups in total.